The predicted octanol–water partition coefficient (Wildman–Crippen LogP) is 2.53. The van der Waals surface area contributed by atoms with Gasteiger partial charge in [-0.3, -0.25) is 4.68 Å². The van der Waals surface area contributed by atoms with Crippen LogP contribution in [0.3, 0.4) is 0 Å². The van der Waals surface area contributed by atoms with Crippen LogP contribution in [0.5, 0.6) is 0 Å². The summed E-state index contributed by atoms with van der Waals surface area (Å²) in [5.41, 5.74) is -0.346. The Morgan fingerprint density at radius 2 is 1.88 bits per heavy atom. The molecule has 0 aromatic carbocycles. The SMILES string of the molecule is Cn1cc(C(C)(O)CNC(=O)NCC(C)(C)C2CCCCC2)cn1. The maximum absolute atomic E-state index is 12.1. The van der Waals surface area contributed by atoms with E-state index in [4.69, 9.17) is 0 Å². The van der Waals surface area contributed by atoms with Crippen LogP contribution in [0.25, 0.3) is 0 Å². The first-order valence-corrected chi connectivity index (χ1v) is 8.94. The van der Waals surface area contributed by atoms with E-state index in [0.717, 1.165) is 0 Å². The number of aliphatic hydroxyl groups is 1. The Labute approximate surface area is 145 Å². The Morgan fingerprint density at radius 3 is 2.46 bits per heavy atom. The lowest BCUT2D eigenvalue weighted by Crippen LogP contribution is -2.47. The van der Waals surface area contributed by atoms with Crippen LogP contribution in [0, 0.1) is 11.3 Å². The average Bonchev–Trinajstić information content (AvgIpc) is 2.99. The maximum atomic E-state index is 12.1. The number of urea groups is 1. The van der Waals surface area contributed by atoms with E-state index in [-0.39, 0.29) is 18.0 Å². The van der Waals surface area contributed by atoms with E-state index < -0.39 is 5.60 Å². The number of carbonyl (C=O) groups excluding carboxylic acids is 1. The standard InChI is InChI=1S/C18H32N4O2/c1-17(2,14-8-6-5-7-9-14)12-19-16(23)20-13-18(3,24)15-10-21-22(4)11-15/h10-11,14,24H,5-9,12-13H2,1-4H3,(H2,19,20,23). The van der Waals surface area contributed by atoms with Crippen molar-refractivity contribution in [1.29, 1.82) is 0 Å². The van der Waals surface area contributed by atoms with Gasteiger partial charge < -0.3 is 15.7 Å². The van der Waals surface area contributed by atoms with Crippen molar-refractivity contribution in [3.05, 3.63) is 18.0 Å². The number of hydrogen-bond acceptors (Lipinski definition) is 3. The van der Waals surface area contributed by atoms with Gasteiger partial charge in [-0.15, -0.1) is 0 Å². The molecule has 0 bridgehead atoms. The molecule has 1 aromatic heterocycles. The second-order valence-electron chi connectivity index (χ2n) is 8.04. The van der Waals surface area contributed by atoms with Gasteiger partial charge in [0, 0.05) is 25.4 Å². The lowest BCUT2D eigenvalue weighted by atomic mass is 9.71. The molecule has 6 nitrogen and oxygen atoms in total. The number of aryl methyl sites for hydroxylation is 1. The number of carbonyl (C=O) groups is 1. The van der Waals surface area contributed by atoms with Crippen LogP contribution in [0.2, 0.25) is 0 Å². The fraction of sp³-hybridized carbons (Fsp3) is 0.778. The zero-order valence-corrected chi connectivity index (χ0v) is 15.4. The van der Waals surface area contributed by atoms with Crippen molar-refractivity contribution in [1.82, 2.24) is 20.4 Å². The van der Waals surface area contributed by atoms with Crippen molar-refractivity contribution in [2.45, 2.75) is 58.5 Å². The molecule has 2 rings (SSSR count). The summed E-state index contributed by atoms with van der Waals surface area (Å²) in [5.74, 6) is 0.671. The van der Waals surface area contributed by atoms with Crippen LogP contribution in [0.1, 0.15) is 58.4 Å². The quantitative estimate of drug-likeness (QED) is 0.747. The minimum atomic E-state index is -1.13. The molecule has 1 heterocycles. The van der Waals surface area contributed by atoms with Gasteiger partial charge in [-0.25, -0.2) is 4.79 Å². The molecule has 24 heavy (non-hydrogen) atoms. The third kappa shape index (κ3) is 4.97. The summed E-state index contributed by atoms with van der Waals surface area (Å²) in [6, 6.07) is -0.233. The summed E-state index contributed by atoms with van der Waals surface area (Å²) in [7, 11) is 1.80. The number of amides is 2. The second kappa shape index (κ2) is 7.55. The summed E-state index contributed by atoms with van der Waals surface area (Å²) < 4.78 is 1.64. The molecular weight excluding hydrogens is 304 g/mol. The van der Waals surface area contributed by atoms with Crippen LogP contribution >= 0.6 is 0 Å². The van der Waals surface area contributed by atoms with Gasteiger partial charge in [-0.1, -0.05) is 33.1 Å². The zero-order valence-electron chi connectivity index (χ0n) is 15.4. The van der Waals surface area contributed by atoms with Gasteiger partial charge >= 0.3 is 6.03 Å². The van der Waals surface area contributed by atoms with E-state index in [0.29, 0.717) is 18.0 Å². The van der Waals surface area contributed by atoms with Crippen molar-refractivity contribution in [2.24, 2.45) is 18.4 Å². The van der Waals surface area contributed by atoms with Gasteiger partial charge in [0.05, 0.1) is 12.7 Å². The normalized spacial score (nSPS) is 18.9. The highest BCUT2D eigenvalue weighted by Crippen LogP contribution is 2.37. The van der Waals surface area contributed by atoms with Gasteiger partial charge in [0.2, 0.25) is 0 Å². The molecule has 0 saturated heterocycles. The Bertz CT molecular complexity index is 545. The molecule has 1 atom stereocenters. The number of nitrogens with zero attached hydrogens (tertiary/aromatic N) is 2. The summed E-state index contributed by atoms with van der Waals surface area (Å²) >= 11 is 0. The molecule has 0 aliphatic heterocycles. The Morgan fingerprint density at radius 1 is 1.25 bits per heavy atom. The maximum Gasteiger partial charge on any atom is 0.314 e. The third-order valence-electron chi connectivity index (χ3n) is 5.33. The van der Waals surface area contributed by atoms with Gasteiger partial charge in [0.25, 0.3) is 0 Å². The van der Waals surface area contributed by atoms with Crippen LogP contribution in [0.15, 0.2) is 12.4 Å². The molecule has 1 aromatic rings. The summed E-state index contributed by atoms with van der Waals surface area (Å²) in [4.78, 5) is 12.1. The first-order valence-electron chi connectivity index (χ1n) is 8.94. The van der Waals surface area contributed by atoms with Crippen molar-refractivity contribution >= 4 is 6.03 Å². The number of rotatable bonds is 6. The minimum absolute atomic E-state index is 0.101. The highest BCUT2D eigenvalue weighted by Gasteiger charge is 2.31. The van der Waals surface area contributed by atoms with E-state index in [1.165, 1.54) is 32.1 Å². The molecule has 0 spiro atoms. The van der Waals surface area contributed by atoms with Gasteiger partial charge in [-0.2, -0.15) is 5.10 Å². The number of hydrogen-bond donors (Lipinski definition) is 3. The average molecular weight is 336 g/mol. The van der Waals surface area contributed by atoms with E-state index >= 15 is 0 Å². The molecule has 136 valence electrons. The van der Waals surface area contributed by atoms with Crippen LogP contribution < -0.4 is 10.6 Å². The van der Waals surface area contributed by atoms with E-state index in [2.05, 4.69) is 29.6 Å². The first-order chi connectivity index (χ1) is 11.2. The van der Waals surface area contributed by atoms with Crippen LogP contribution in [0.4, 0.5) is 4.79 Å². The lowest BCUT2D eigenvalue weighted by molar-refractivity contribution is 0.0590. The Balaban J connectivity index is 1.78. The topological polar surface area (TPSA) is 79.2 Å². The number of aromatic nitrogens is 2. The van der Waals surface area contributed by atoms with Crippen molar-refractivity contribution in [3.8, 4) is 0 Å². The van der Waals surface area contributed by atoms with E-state index in [1.54, 1.807) is 31.0 Å². The van der Waals surface area contributed by atoms with Gasteiger partial charge in [-0.05, 0) is 31.1 Å². The highest BCUT2D eigenvalue weighted by atomic mass is 16.3. The fourth-order valence-electron chi connectivity index (χ4n) is 3.45. The van der Waals surface area contributed by atoms with E-state index in [1.807, 2.05) is 0 Å². The molecule has 1 fully saturated rings. The summed E-state index contributed by atoms with van der Waals surface area (Å²) in [5, 5.41) is 20.3. The summed E-state index contributed by atoms with van der Waals surface area (Å²) in [6.45, 7) is 6.94. The molecule has 1 unspecified atom stereocenters. The van der Waals surface area contributed by atoms with Crippen molar-refractivity contribution in [2.75, 3.05) is 13.1 Å². The van der Waals surface area contributed by atoms with Crippen molar-refractivity contribution in [3.63, 3.8) is 0 Å². The zero-order chi connectivity index (χ0) is 17.8. The van der Waals surface area contributed by atoms with Gasteiger partial charge in [0.15, 0.2) is 0 Å². The molecule has 2 amide bonds. The predicted molar refractivity (Wildman–Crippen MR) is 94.5 cm³/mol. The molecular formula is C18H32N4O2. The molecule has 1 saturated carbocycles. The smallest absolute Gasteiger partial charge is 0.314 e. The molecule has 3 N–H and O–H groups in total. The highest BCUT2D eigenvalue weighted by molar-refractivity contribution is 5.74. The largest absolute Gasteiger partial charge is 0.383 e. The van der Waals surface area contributed by atoms with E-state index in [9.17, 15) is 9.90 Å². The van der Waals surface area contributed by atoms with Crippen LogP contribution in [-0.4, -0.2) is 34.0 Å². The third-order valence-corrected chi connectivity index (χ3v) is 5.33. The lowest BCUT2D eigenvalue weighted by Gasteiger charge is -2.37. The summed E-state index contributed by atoms with van der Waals surface area (Å²) in [6.07, 6.45) is 9.82. The Kier molecular flexibility index (Phi) is 5.91. The first kappa shape index (κ1) is 18.8. The van der Waals surface area contributed by atoms with Crippen LogP contribution in [-0.2, 0) is 12.6 Å². The molecule has 6 heteroatoms. The Hall–Kier alpha value is -1.56. The number of nitrogens with one attached hydrogen (secondary N) is 2. The molecule has 0 radical (unpaired) electrons. The fourth-order valence-corrected chi connectivity index (χ4v) is 3.45. The second-order valence-corrected chi connectivity index (χ2v) is 8.04. The van der Waals surface area contributed by atoms with Crippen molar-refractivity contribution < 1.29 is 9.90 Å². The monoisotopic (exact) mass is 336 g/mol. The molecule has 1 aliphatic rings. The minimum Gasteiger partial charge on any atom is -0.383 e. The van der Waals surface area contributed by atoms with Gasteiger partial charge in [0.1, 0.15) is 5.60 Å². The molecule has 1 aliphatic carbocycles.